The van der Waals surface area contributed by atoms with Crippen LogP contribution in [0.1, 0.15) is 92.2 Å². The van der Waals surface area contributed by atoms with Gasteiger partial charge in [0.1, 0.15) is 5.75 Å². The number of carbonyl (C=O) groups excluding carboxylic acids is 3. The summed E-state index contributed by atoms with van der Waals surface area (Å²) in [7, 11) is 0. The van der Waals surface area contributed by atoms with Gasteiger partial charge in [-0.05, 0) is 53.9 Å². The Hall–Kier alpha value is -2.57. The highest BCUT2D eigenvalue weighted by molar-refractivity contribution is 6.69. The van der Waals surface area contributed by atoms with E-state index in [2.05, 4.69) is 64.3 Å². The van der Waals surface area contributed by atoms with Crippen molar-refractivity contribution in [3.8, 4) is 5.75 Å². The molecule has 41 heavy (non-hydrogen) atoms. The third-order valence-corrected chi connectivity index (χ3v) is 8.69. The summed E-state index contributed by atoms with van der Waals surface area (Å²) in [6, 6.07) is 15.0. The fraction of sp³-hybridized carbons (Fsp3) is 0.545. The largest absolute Gasteiger partial charge is 0.493 e. The van der Waals surface area contributed by atoms with E-state index in [0.29, 0.717) is 18.7 Å². The number of hydrogen-bond acceptors (Lipinski definition) is 4. The number of carbonyl (C=O) groups is 3. The fourth-order valence-corrected chi connectivity index (χ4v) is 4.77. The minimum atomic E-state index is -2.32. The molecule has 2 aromatic carbocycles. The zero-order chi connectivity index (χ0) is 31.1. The maximum absolute atomic E-state index is 13.1. The van der Waals surface area contributed by atoms with E-state index in [4.69, 9.17) is 27.9 Å². The standard InChI is InChI=1S/C33H46Cl2N2O4/c1-9-30(3,4)23-18-19-26(25(21-23)31(5,6)10-2)41-20-14-17-27(38)36-22-32(7,8)28(39)33(34,35)29(40)37-24-15-12-11-13-16-24/h11-13,15-16,18-19,21H,9-10,14,17,20,22H2,1-8H3,(H,36,38)(H,37,40). The zero-order valence-corrected chi connectivity index (χ0v) is 27.3. The van der Waals surface area contributed by atoms with E-state index in [-0.39, 0.29) is 29.7 Å². The lowest BCUT2D eigenvalue weighted by atomic mass is 9.76. The topological polar surface area (TPSA) is 84.5 Å². The molecule has 0 bridgehead atoms. The molecular weight excluding hydrogens is 559 g/mol. The molecule has 0 radical (unpaired) electrons. The van der Waals surface area contributed by atoms with Gasteiger partial charge in [0.25, 0.3) is 10.2 Å². The monoisotopic (exact) mass is 604 g/mol. The van der Waals surface area contributed by atoms with Crippen molar-refractivity contribution in [1.29, 1.82) is 0 Å². The molecule has 8 heteroatoms. The van der Waals surface area contributed by atoms with Crippen molar-refractivity contribution in [1.82, 2.24) is 5.32 Å². The van der Waals surface area contributed by atoms with E-state index in [1.165, 1.54) is 11.1 Å². The molecule has 0 aliphatic rings. The predicted molar refractivity (Wildman–Crippen MR) is 169 cm³/mol. The Bertz CT molecular complexity index is 1210. The number of anilines is 1. The molecule has 0 aliphatic heterocycles. The number of hydrogen-bond donors (Lipinski definition) is 2. The second-order valence-corrected chi connectivity index (χ2v) is 13.8. The number of nitrogens with one attached hydrogen (secondary N) is 2. The average molecular weight is 606 g/mol. The number of alkyl halides is 2. The summed E-state index contributed by atoms with van der Waals surface area (Å²) >= 11 is 12.4. The maximum atomic E-state index is 13.1. The van der Waals surface area contributed by atoms with Crippen molar-refractivity contribution in [2.45, 2.75) is 96.2 Å². The summed E-state index contributed by atoms with van der Waals surface area (Å²) in [4.78, 5) is 38.3. The van der Waals surface area contributed by atoms with Crippen molar-refractivity contribution < 1.29 is 19.1 Å². The van der Waals surface area contributed by atoms with Crippen LogP contribution >= 0.6 is 23.2 Å². The van der Waals surface area contributed by atoms with E-state index in [1.54, 1.807) is 44.2 Å². The number of ether oxygens (including phenoxy) is 1. The molecule has 6 nitrogen and oxygen atoms in total. The van der Waals surface area contributed by atoms with Crippen LogP contribution in [-0.4, -0.2) is 35.1 Å². The van der Waals surface area contributed by atoms with E-state index in [1.807, 2.05) is 6.07 Å². The van der Waals surface area contributed by atoms with Gasteiger partial charge in [-0.15, -0.1) is 0 Å². The first kappa shape index (κ1) is 34.6. The molecule has 0 unspecified atom stereocenters. The lowest BCUT2D eigenvalue weighted by molar-refractivity contribution is -0.132. The first-order valence-electron chi connectivity index (χ1n) is 14.3. The number of para-hydroxylation sites is 1. The van der Waals surface area contributed by atoms with E-state index in [9.17, 15) is 14.4 Å². The van der Waals surface area contributed by atoms with Crippen LogP contribution in [0.5, 0.6) is 5.75 Å². The van der Waals surface area contributed by atoms with Crippen molar-refractivity contribution in [3.05, 3.63) is 59.7 Å². The van der Waals surface area contributed by atoms with Crippen LogP contribution < -0.4 is 15.4 Å². The molecule has 0 aromatic heterocycles. The summed E-state index contributed by atoms with van der Waals surface area (Å²) in [5.41, 5.74) is 1.76. The number of amides is 2. The van der Waals surface area contributed by atoms with Crippen LogP contribution in [0.2, 0.25) is 0 Å². The molecule has 2 amide bonds. The first-order chi connectivity index (χ1) is 19.0. The van der Waals surface area contributed by atoms with Gasteiger partial charge in [0.15, 0.2) is 5.78 Å². The second kappa shape index (κ2) is 14.1. The highest BCUT2D eigenvalue weighted by Crippen LogP contribution is 2.38. The molecule has 0 heterocycles. The van der Waals surface area contributed by atoms with Gasteiger partial charge in [-0.25, -0.2) is 0 Å². The predicted octanol–water partition coefficient (Wildman–Crippen LogP) is 7.74. The van der Waals surface area contributed by atoms with Gasteiger partial charge in [0, 0.05) is 29.6 Å². The molecule has 0 atom stereocenters. The Morgan fingerprint density at radius 3 is 2.05 bits per heavy atom. The third kappa shape index (κ3) is 9.21. The molecule has 0 spiro atoms. The number of rotatable bonds is 15. The molecule has 2 aromatic rings. The van der Waals surface area contributed by atoms with Gasteiger partial charge in [-0.2, -0.15) is 0 Å². The lowest BCUT2D eigenvalue weighted by Gasteiger charge is -2.30. The molecular formula is C33H46Cl2N2O4. The number of benzene rings is 2. The van der Waals surface area contributed by atoms with Crippen molar-refractivity contribution in [3.63, 3.8) is 0 Å². The van der Waals surface area contributed by atoms with Gasteiger partial charge in [-0.3, -0.25) is 14.4 Å². The van der Waals surface area contributed by atoms with Crippen LogP contribution in [0.3, 0.4) is 0 Å². The average Bonchev–Trinajstić information content (AvgIpc) is 2.94. The molecule has 2 N–H and O–H groups in total. The summed E-state index contributed by atoms with van der Waals surface area (Å²) < 4.78 is 3.85. The molecule has 2 rings (SSSR count). The van der Waals surface area contributed by atoms with Crippen LogP contribution in [0.15, 0.2) is 48.5 Å². The Kier molecular flexibility index (Phi) is 11.9. The normalized spacial score (nSPS) is 12.5. The lowest BCUT2D eigenvalue weighted by Crippen LogP contribution is -2.50. The Morgan fingerprint density at radius 2 is 1.46 bits per heavy atom. The van der Waals surface area contributed by atoms with Crippen molar-refractivity contribution in [2.24, 2.45) is 5.41 Å². The molecule has 226 valence electrons. The second-order valence-electron chi connectivity index (χ2n) is 12.5. The number of halogens is 2. The van der Waals surface area contributed by atoms with E-state index >= 15 is 0 Å². The van der Waals surface area contributed by atoms with Gasteiger partial charge in [0.2, 0.25) is 5.91 Å². The molecule has 0 saturated heterocycles. The smallest absolute Gasteiger partial charge is 0.268 e. The van der Waals surface area contributed by atoms with E-state index < -0.39 is 21.4 Å². The summed E-state index contributed by atoms with van der Waals surface area (Å²) in [6.45, 7) is 16.8. The molecule has 0 fully saturated rings. The van der Waals surface area contributed by atoms with Crippen molar-refractivity contribution in [2.75, 3.05) is 18.5 Å². The summed E-state index contributed by atoms with van der Waals surface area (Å²) in [5.74, 6) is -0.933. The fourth-order valence-electron chi connectivity index (χ4n) is 4.16. The number of ketones is 1. The van der Waals surface area contributed by atoms with Crippen LogP contribution in [0.25, 0.3) is 0 Å². The number of Topliss-reactive ketones (excluding diaryl/α,β-unsaturated/α-hetero) is 1. The quantitative estimate of drug-likeness (QED) is 0.124. The van der Waals surface area contributed by atoms with Crippen molar-refractivity contribution >= 4 is 46.5 Å². The minimum absolute atomic E-state index is 0.0190. The highest BCUT2D eigenvalue weighted by Gasteiger charge is 2.49. The van der Waals surface area contributed by atoms with Crippen LogP contribution in [0.4, 0.5) is 5.69 Å². The molecule has 0 aliphatic carbocycles. The van der Waals surface area contributed by atoms with Gasteiger partial charge >= 0.3 is 0 Å². The van der Waals surface area contributed by atoms with Crippen LogP contribution in [-0.2, 0) is 25.2 Å². The van der Waals surface area contributed by atoms with Gasteiger partial charge in [-0.1, -0.05) is 109 Å². The van der Waals surface area contributed by atoms with Gasteiger partial charge in [0.05, 0.1) is 6.61 Å². The Morgan fingerprint density at radius 1 is 0.854 bits per heavy atom. The van der Waals surface area contributed by atoms with Gasteiger partial charge < -0.3 is 15.4 Å². The first-order valence-corrected chi connectivity index (χ1v) is 15.1. The summed E-state index contributed by atoms with van der Waals surface area (Å²) in [6.07, 6.45) is 2.73. The third-order valence-electron chi connectivity index (χ3n) is 8.01. The summed E-state index contributed by atoms with van der Waals surface area (Å²) in [5, 5.41) is 5.33. The van der Waals surface area contributed by atoms with Crippen LogP contribution in [0, 0.1) is 5.41 Å². The SMILES string of the molecule is CCC(C)(C)c1ccc(OCCCC(=O)NCC(C)(C)C(=O)C(Cl)(Cl)C(=O)Nc2ccccc2)c(C(C)(C)CC)c1. The molecule has 0 saturated carbocycles. The maximum Gasteiger partial charge on any atom is 0.268 e. The highest BCUT2D eigenvalue weighted by atomic mass is 35.5. The zero-order valence-electron chi connectivity index (χ0n) is 25.8. The Balaban J connectivity index is 1.93. The minimum Gasteiger partial charge on any atom is -0.493 e. The Labute approximate surface area is 255 Å². The van der Waals surface area contributed by atoms with E-state index in [0.717, 1.165) is 18.6 Å².